The summed E-state index contributed by atoms with van der Waals surface area (Å²) in [6, 6.07) is 8.07. The van der Waals surface area contributed by atoms with Gasteiger partial charge in [-0.15, -0.1) is 0 Å². The molecule has 0 saturated heterocycles. The van der Waals surface area contributed by atoms with Gasteiger partial charge in [0.15, 0.2) is 17.0 Å². The predicted molar refractivity (Wildman–Crippen MR) is 164 cm³/mol. The smallest absolute Gasteiger partial charge is 0.303 e. The average molecular weight is 599 g/mol. The highest BCUT2D eigenvalue weighted by molar-refractivity contribution is 7.85. The van der Waals surface area contributed by atoms with E-state index in [4.69, 9.17) is 9.73 Å². The highest BCUT2D eigenvalue weighted by atomic mass is 32.2. The minimum Gasteiger partial charge on any atom is -0.481 e. The summed E-state index contributed by atoms with van der Waals surface area (Å²) in [5.74, 6) is -0.0609. The van der Waals surface area contributed by atoms with Crippen molar-refractivity contribution in [1.82, 2.24) is 4.58 Å². The van der Waals surface area contributed by atoms with Gasteiger partial charge in [-0.05, 0) is 64.2 Å². The molecular formula is C32H44N3O6S+. The van der Waals surface area contributed by atoms with E-state index in [2.05, 4.69) is 49.3 Å². The second-order valence-electron chi connectivity index (χ2n) is 13.5. The SMILES string of the molecule is CCCCN1c2cc3c(cc2C(C)CC1(C)C)N=c1cc2c(cc1O3)=[N+](CCCC(=O)O)C(C)(C)CC2CS(=O)(=O)O. The largest absolute Gasteiger partial charge is 0.481 e. The summed E-state index contributed by atoms with van der Waals surface area (Å²) in [6.45, 7) is 14.6. The van der Waals surface area contributed by atoms with Gasteiger partial charge in [0.25, 0.3) is 10.1 Å². The topological polar surface area (TPSA) is 120 Å². The maximum Gasteiger partial charge on any atom is 0.303 e. The van der Waals surface area contributed by atoms with Gasteiger partial charge in [0.05, 0.1) is 18.2 Å². The molecule has 2 atom stereocenters. The molecule has 228 valence electrons. The van der Waals surface area contributed by atoms with Crippen molar-refractivity contribution in [2.75, 3.05) is 23.7 Å². The lowest BCUT2D eigenvalue weighted by atomic mass is 9.79. The Morgan fingerprint density at radius 3 is 2.50 bits per heavy atom. The Kier molecular flexibility index (Phi) is 7.94. The van der Waals surface area contributed by atoms with Crippen LogP contribution in [0.5, 0.6) is 11.5 Å². The van der Waals surface area contributed by atoms with Crippen molar-refractivity contribution in [3.63, 3.8) is 0 Å². The Labute approximate surface area is 248 Å². The minimum absolute atomic E-state index is 0.0166. The molecule has 0 aliphatic carbocycles. The van der Waals surface area contributed by atoms with E-state index in [-0.39, 0.29) is 12.0 Å². The summed E-state index contributed by atoms with van der Waals surface area (Å²) < 4.78 is 42.6. The number of hydrogen-bond acceptors (Lipinski definition) is 6. The highest BCUT2D eigenvalue weighted by Gasteiger charge is 2.42. The lowest BCUT2D eigenvalue weighted by molar-refractivity contribution is -0.137. The molecule has 42 heavy (non-hydrogen) atoms. The molecule has 2 N–H and O–H groups in total. The number of anilines is 1. The predicted octanol–water partition coefficient (Wildman–Crippen LogP) is 5.15. The van der Waals surface area contributed by atoms with Crippen LogP contribution in [0.2, 0.25) is 0 Å². The molecule has 0 fully saturated rings. The number of hydrogen-bond donors (Lipinski definition) is 2. The first-order chi connectivity index (χ1) is 19.6. The van der Waals surface area contributed by atoms with E-state index in [0.717, 1.165) is 42.4 Å². The number of ether oxygens (including phenoxy) is 1. The Bertz CT molecular complexity index is 1650. The van der Waals surface area contributed by atoms with Crippen LogP contribution in [0.3, 0.4) is 0 Å². The molecule has 3 aliphatic heterocycles. The standard InChI is InChI=1S/C32H43N3O6S/c1-7-8-11-34-26-15-28-24(13-22(26)20(2)17-31(34,3)4)33-25-14-23-21(19-42(38,39)40)18-32(5,6)35(12-9-10-30(36)37)27(23)16-29(25)41-28/h13-16,20-21H,7-12,17-19H2,1-6H3,(H-,36,37,38,39,40)/p+1. The fraction of sp³-hybridized carbons (Fsp3) is 0.594. The summed E-state index contributed by atoms with van der Waals surface area (Å²) >= 11 is 0. The zero-order chi connectivity index (χ0) is 30.6. The van der Waals surface area contributed by atoms with Crippen LogP contribution in [0.4, 0.5) is 11.4 Å². The average Bonchev–Trinajstić information content (AvgIpc) is 2.86. The molecule has 0 radical (unpaired) electrons. The van der Waals surface area contributed by atoms with Crippen molar-refractivity contribution in [3.05, 3.63) is 46.1 Å². The molecule has 3 aliphatic rings. The van der Waals surface area contributed by atoms with Crippen molar-refractivity contribution >= 4 is 27.5 Å². The molecular weight excluding hydrogens is 554 g/mol. The Morgan fingerprint density at radius 2 is 1.83 bits per heavy atom. The van der Waals surface area contributed by atoms with Crippen LogP contribution in [0.15, 0.2) is 29.3 Å². The van der Waals surface area contributed by atoms with Gasteiger partial charge < -0.3 is 14.7 Å². The lowest BCUT2D eigenvalue weighted by Crippen LogP contribution is -2.54. The second-order valence-corrected chi connectivity index (χ2v) is 15.0. The first kappa shape index (κ1) is 30.5. The van der Waals surface area contributed by atoms with Gasteiger partial charge in [-0.2, -0.15) is 8.42 Å². The molecule has 0 amide bonds. The Morgan fingerprint density at radius 1 is 1.10 bits per heavy atom. The summed E-state index contributed by atoms with van der Waals surface area (Å²) in [5.41, 5.74) is 3.52. The number of unbranched alkanes of at least 4 members (excludes halogenated alkanes) is 1. The molecule has 9 nitrogen and oxygen atoms in total. The van der Waals surface area contributed by atoms with Crippen LogP contribution in [-0.2, 0) is 14.9 Å². The van der Waals surface area contributed by atoms with Crippen LogP contribution < -0.4 is 24.9 Å². The molecule has 0 bridgehead atoms. The fourth-order valence-corrected chi connectivity index (χ4v) is 8.13. The molecule has 0 spiro atoms. The van der Waals surface area contributed by atoms with Crippen molar-refractivity contribution in [1.29, 1.82) is 0 Å². The first-order valence-electron chi connectivity index (χ1n) is 15.1. The number of nitrogens with zero attached hydrogens (tertiary/aromatic N) is 3. The highest BCUT2D eigenvalue weighted by Crippen LogP contribution is 2.49. The third-order valence-corrected chi connectivity index (χ3v) is 9.99. The molecule has 2 aromatic rings. The van der Waals surface area contributed by atoms with Crippen LogP contribution >= 0.6 is 0 Å². The quantitative estimate of drug-likeness (QED) is 0.258. The number of rotatable bonds is 9. The maximum atomic E-state index is 12.0. The molecule has 0 saturated carbocycles. The van der Waals surface area contributed by atoms with Crippen LogP contribution in [0, 0.1) is 0 Å². The number of aliphatic carboxylic acids is 1. The van der Waals surface area contributed by atoms with Gasteiger partial charge in [0, 0.05) is 48.2 Å². The number of carboxylic acids is 1. The number of carboxylic acid groups (broad SMARTS) is 1. The third-order valence-electron chi connectivity index (χ3n) is 9.16. The van der Waals surface area contributed by atoms with Gasteiger partial charge in [-0.3, -0.25) is 9.35 Å². The molecule has 3 heterocycles. The first-order valence-corrected chi connectivity index (χ1v) is 16.7. The van der Waals surface area contributed by atoms with Crippen molar-refractivity contribution in [3.8, 4) is 11.5 Å². The minimum atomic E-state index is -4.23. The van der Waals surface area contributed by atoms with E-state index >= 15 is 0 Å². The van der Waals surface area contributed by atoms with Crippen molar-refractivity contribution < 1.29 is 27.6 Å². The van der Waals surface area contributed by atoms with Gasteiger partial charge in [0.1, 0.15) is 17.6 Å². The summed E-state index contributed by atoms with van der Waals surface area (Å²) in [7, 11) is -4.23. The van der Waals surface area contributed by atoms with E-state index in [1.54, 1.807) is 0 Å². The van der Waals surface area contributed by atoms with E-state index in [1.165, 1.54) is 11.3 Å². The van der Waals surface area contributed by atoms with E-state index in [0.29, 0.717) is 42.2 Å². The van der Waals surface area contributed by atoms with Crippen LogP contribution in [0.1, 0.15) is 103 Å². The van der Waals surface area contributed by atoms with Gasteiger partial charge in [0.2, 0.25) is 5.36 Å². The third kappa shape index (κ3) is 5.93. The molecule has 0 aromatic heterocycles. The molecule has 5 rings (SSSR count). The van der Waals surface area contributed by atoms with Gasteiger partial charge in [-0.1, -0.05) is 20.3 Å². The number of benzene rings is 2. The molecule has 2 aromatic carbocycles. The zero-order valence-electron chi connectivity index (χ0n) is 25.6. The van der Waals surface area contributed by atoms with E-state index in [9.17, 15) is 22.9 Å². The van der Waals surface area contributed by atoms with Gasteiger partial charge >= 0.3 is 5.97 Å². The van der Waals surface area contributed by atoms with Gasteiger partial charge in [-0.25, -0.2) is 9.57 Å². The number of carbonyl (C=O) groups is 1. The Balaban J connectivity index is 1.67. The van der Waals surface area contributed by atoms with E-state index in [1.807, 2.05) is 26.0 Å². The summed E-state index contributed by atoms with van der Waals surface area (Å²) in [4.78, 5) is 18.8. The second kappa shape index (κ2) is 10.9. The van der Waals surface area contributed by atoms with E-state index < -0.39 is 33.3 Å². The molecule has 2 unspecified atom stereocenters. The number of fused-ring (bicyclic) bond motifs is 4. The lowest BCUT2D eigenvalue weighted by Gasteiger charge is -2.48. The summed E-state index contributed by atoms with van der Waals surface area (Å²) in [5, 5.41) is 10.7. The van der Waals surface area contributed by atoms with Crippen molar-refractivity contribution in [2.24, 2.45) is 4.99 Å². The van der Waals surface area contributed by atoms with Crippen LogP contribution in [0.25, 0.3) is 0 Å². The summed E-state index contributed by atoms with van der Waals surface area (Å²) in [6.07, 6.45) is 4.22. The normalized spacial score (nSPS) is 21.8. The zero-order valence-corrected chi connectivity index (χ0v) is 26.4. The monoisotopic (exact) mass is 598 g/mol. The fourth-order valence-electron chi connectivity index (χ4n) is 7.32. The van der Waals surface area contributed by atoms with Crippen molar-refractivity contribution in [2.45, 2.75) is 103 Å². The Hall–Kier alpha value is -2.98. The maximum absolute atomic E-state index is 12.0. The van der Waals surface area contributed by atoms with Crippen LogP contribution in [-0.4, -0.2) is 54.0 Å². The molecule has 10 heteroatoms.